The number of carbonyl (C=O) groups is 2. The third-order valence-electron chi connectivity index (χ3n) is 5.65. The summed E-state index contributed by atoms with van der Waals surface area (Å²) in [7, 11) is 1.76. The Labute approximate surface area is 156 Å². The van der Waals surface area contributed by atoms with Gasteiger partial charge in [-0.1, -0.05) is 36.4 Å². The van der Waals surface area contributed by atoms with Crippen LogP contribution in [0.4, 0.5) is 11.5 Å². The van der Waals surface area contributed by atoms with Gasteiger partial charge in [0.2, 0.25) is 11.8 Å². The number of rotatable bonds is 1. The third kappa shape index (κ3) is 1.92. The first-order valence-electron chi connectivity index (χ1n) is 8.86. The first kappa shape index (κ1) is 15.8. The molecule has 134 valence electrons. The number of hydrogen-bond donors (Lipinski definition) is 1. The number of anilines is 2. The van der Waals surface area contributed by atoms with Crippen LogP contribution in [-0.4, -0.2) is 28.6 Å². The van der Waals surface area contributed by atoms with Crippen LogP contribution in [0.15, 0.2) is 54.7 Å². The van der Waals surface area contributed by atoms with Crippen molar-refractivity contribution in [3.8, 4) is 5.69 Å². The van der Waals surface area contributed by atoms with Crippen molar-refractivity contribution in [2.24, 2.45) is 0 Å². The third-order valence-corrected chi connectivity index (χ3v) is 5.65. The Bertz CT molecular complexity index is 1120. The molecule has 1 N–H and O–H groups in total. The van der Waals surface area contributed by atoms with E-state index in [2.05, 4.69) is 10.4 Å². The Morgan fingerprint density at radius 3 is 2.48 bits per heavy atom. The van der Waals surface area contributed by atoms with Gasteiger partial charge in [0.15, 0.2) is 0 Å². The van der Waals surface area contributed by atoms with E-state index >= 15 is 0 Å². The van der Waals surface area contributed by atoms with Gasteiger partial charge in [-0.25, -0.2) is 4.68 Å². The van der Waals surface area contributed by atoms with Gasteiger partial charge < -0.3 is 10.2 Å². The standard InChI is InChI=1S/C21H18N4O2/c1-13-7-3-5-9-16(13)25-19-15(12-22-25)21(11-18(26)23-19)14-8-4-6-10-17(14)24(2)20(21)27/h3-10,12H,11H2,1-2H3,(H,23,26)/t21-/m1/s1. The highest BCUT2D eigenvalue weighted by Gasteiger charge is 2.56. The van der Waals surface area contributed by atoms with Crippen LogP contribution >= 0.6 is 0 Å². The van der Waals surface area contributed by atoms with Gasteiger partial charge >= 0.3 is 0 Å². The first-order chi connectivity index (χ1) is 13.0. The molecule has 0 fully saturated rings. The zero-order valence-corrected chi connectivity index (χ0v) is 15.1. The van der Waals surface area contributed by atoms with Crippen LogP contribution in [0.25, 0.3) is 5.69 Å². The summed E-state index contributed by atoms with van der Waals surface area (Å²) in [6.07, 6.45) is 1.80. The van der Waals surface area contributed by atoms with Crippen molar-refractivity contribution in [2.45, 2.75) is 18.8 Å². The molecule has 3 aromatic rings. The monoisotopic (exact) mass is 358 g/mol. The maximum Gasteiger partial charge on any atom is 0.242 e. The molecule has 3 heterocycles. The number of nitrogens with zero attached hydrogens (tertiary/aromatic N) is 3. The van der Waals surface area contributed by atoms with Gasteiger partial charge in [0.25, 0.3) is 0 Å². The summed E-state index contributed by atoms with van der Waals surface area (Å²) in [6.45, 7) is 1.99. The second kappa shape index (κ2) is 5.30. The van der Waals surface area contributed by atoms with Crippen molar-refractivity contribution >= 4 is 23.3 Å². The predicted octanol–water partition coefficient (Wildman–Crippen LogP) is 2.79. The van der Waals surface area contributed by atoms with E-state index in [0.717, 1.165) is 28.1 Å². The fraction of sp³-hybridized carbons (Fsp3) is 0.190. The summed E-state index contributed by atoms with van der Waals surface area (Å²) in [5, 5.41) is 7.49. The van der Waals surface area contributed by atoms with E-state index in [1.807, 2.05) is 55.5 Å². The van der Waals surface area contributed by atoms with E-state index in [4.69, 9.17) is 0 Å². The van der Waals surface area contributed by atoms with E-state index in [1.165, 1.54) is 0 Å². The summed E-state index contributed by atoms with van der Waals surface area (Å²) >= 11 is 0. The van der Waals surface area contributed by atoms with Crippen LogP contribution in [-0.2, 0) is 15.0 Å². The van der Waals surface area contributed by atoms with Gasteiger partial charge in [-0.05, 0) is 30.2 Å². The lowest BCUT2D eigenvalue weighted by molar-refractivity contribution is -0.126. The molecule has 1 atom stereocenters. The Kier molecular flexibility index (Phi) is 3.10. The second-order valence-electron chi connectivity index (χ2n) is 7.12. The zero-order valence-electron chi connectivity index (χ0n) is 15.1. The molecular weight excluding hydrogens is 340 g/mol. The average molecular weight is 358 g/mol. The lowest BCUT2D eigenvalue weighted by Crippen LogP contribution is -2.45. The second-order valence-corrected chi connectivity index (χ2v) is 7.12. The number of hydrogen-bond acceptors (Lipinski definition) is 3. The molecule has 6 heteroatoms. The Morgan fingerprint density at radius 1 is 1.00 bits per heavy atom. The lowest BCUT2D eigenvalue weighted by atomic mass is 9.72. The molecule has 2 aliphatic heterocycles. The largest absolute Gasteiger partial charge is 0.314 e. The van der Waals surface area contributed by atoms with Crippen molar-refractivity contribution < 1.29 is 9.59 Å². The summed E-state index contributed by atoms with van der Waals surface area (Å²) in [6, 6.07) is 15.5. The number of nitrogens with one attached hydrogen (secondary N) is 1. The van der Waals surface area contributed by atoms with Crippen LogP contribution in [0.1, 0.15) is 23.1 Å². The highest BCUT2D eigenvalue weighted by Crippen LogP contribution is 2.51. The van der Waals surface area contributed by atoms with E-state index < -0.39 is 5.41 Å². The van der Waals surface area contributed by atoms with Gasteiger partial charge in [-0.2, -0.15) is 5.10 Å². The zero-order chi connectivity index (χ0) is 18.8. The predicted molar refractivity (Wildman–Crippen MR) is 102 cm³/mol. The normalized spacial score (nSPS) is 20.6. The molecule has 0 aliphatic carbocycles. The van der Waals surface area contributed by atoms with Crippen LogP contribution < -0.4 is 10.2 Å². The smallest absolute Gasteiger partial charge is 0.242 e. The molecule has 2 aromatic carbocycles. The van der Waals surface area contributed by atoms with Gasteiger partial charge in [0.1, 0.15) is 11.2 Å². The lowest BCUT2D eigenvalue weighted by Gasteiger charge is -2.32. The van der Waals surface area contributed by atoms with Crippen molar-refractivity contribution in [1.82, 2.24) is 9.78 Å². The van der Waals surface area contributed by atoms with E-state index in [0.29, 0.717) is 5.82 Å². The molecule has 5 rings (SSSR count). The molecule has 2 aliphatic rings. The summed E-state index contributed by atoms with van der Waals surface area (Å²) in [4.78, 5) is 27.7. The van der Waals surface area contributed by atoms with Crippen LogP contribution in [0.2, 0.25) is 0 Å². The number of carbonyl (C=O) groups excluding carboxylic acids is 2. The number of fused-ring (bicyclic) bond motifs is 4. The maximum absolute atomic E-state index is 13.4. The van der Waals surface area contributed by atoms with Crippen LogP contribution in [0.5, 0.6) is 0 Å². The molecule has 0 bridgehead atoms. The quantitative estimate of drug-likeness (QED) is 0.727. The van der Waals surface area contributed by atoms with E-state index in [9.17, 15) is 9.59 Å². The molecule has 2 amide bonds. The maximum atomic E-state index is 13.4. The number of aromatic nitrogens is 2. The minimum Gasteiger partial charge on any atom is -0.314 e. The minimum atomic E-state index is -1.02. The van der Waals surface area contributed by atoms with E-state index in [1.54, 1.807) is 22.8 Å². The summed E-state index contributed by atoms with van der Waals surface area (Å²) < 4.78 is 1.72. The molecule has 0 saturated carbocycles. The van der Waals surface area contributed by atoms with Crippen molar-refractivity contribution in [3.63, 3.8) is 0 Å². The SMILES string of the molecule is Cc1ccccc1-n1ncc2c1NC(=O)C[C@]21C(=O)N(C)c2ccccc21. The van der Waals surface area contributed by atoms with E-state index in [-0.39, 0.29) is 18.2 Å². The molecular formula is C21H18N4O2. The molecule has 0 unspecified atom stereocenters. The number of benzene rings is 2. The Hall–Kier alpha value is -3.41. The Morgan fingerprint density at radius 2 is 1.70 bits per heavy atom. The number of amides is 2. The van der Waals surface area contributed by atoms with Crippen molar-refractivity contribution in [1.29, 1.82) is 0 Å². The number of likely N-dealkylation sites (N-methyl/N-ethyl adjacent to an activating group) is 1. The average Bonchev–Trinajstić information content (AvgIpc) is 3.17. The van der Waals surface area contributed by atoms with Gasteiger partial charge in [-0.15, -0.1) is 0 Å². The van der Waals surface area contributed by atoms with Crippen LogP contribution in [0, 0.1) is 6.92 Å². The minimum absolute atomic E-state index is 0.0830. The fourth-order valence-electron chi connectivity index (χ4n) is 4.35. The van der Waals surface area contributed by atoms with Crippen molar-refractivity contribution in [2.75, 3.05) is 17.3 Å². The highest BCUT2D eigenvalue weighted by molar-refractivity contribution is 6.15. The van der Waals surface area contributed by atoms with Crippen molar-refractivity contribution in [3.05, 3.63) is 71.4 Å². The van der Waals surface area contributed by atoms with Gasteiger partial charge in [0.05, 0.1) is 11.9 Å². The molecule has 0 saturated heterocycles. The Balaban J connectivity index is 1.80. The molecule has 1 spiro atoms. The number of para-hydroxylation sites is 2. The molecule has 6 nitrogen and oxygen atoms in total. The highest BCUT2D eigenvalue weighted by atomic mass is 16.2. The summed E-state index contributed by atoms with van der Waals surface area (Å²) in [5.41, 5.74) is 3.33. The fourth-order valence-corrected chi connectivity index (χ4v) is 4.35. The first-order valence-corrected chi connectivity index (χ1v) is 8.86. The van der Waals surface area contributed by atoms with Gasteiger partial charge in [-0.3, -0.25) is 9.59 Å². The van der Waals surface area contributed by atoms with Crippen LogP contribution in [0.3, 0.4) is 0 Å². The molecule has 1 aromatic heterocycles. The van der Waals surface area contributed by atoms with Gasteiger partial charge in [0, 0.05) is 24.7 Å². The number of aryl methyl sites for hydroxylation is 1. The summed E-state index contributed by atoms with van der Waals surface area (Å²) in [5.74, 6) is 0.291. The molecule has 27 heavy (non-hydrogen) atoms. The molecule has 0 radical (unpaired) electrons. The topological polar surface area (TPSA) is 67.2 Å².